The summed E-state index contributed by atoms with van der Waals surface area (Å²) in [4.78, 5) is 0. The molecule has 0 unspecified atom stereocenters. The molecule has 208 valence electrons. The zero-order chi connectivity index (χ0) is 29.6. The van der Waals surface area contributed by atoms with Crippen molar-refractivity contribution in [1.82, 2.24) is 4.57 Å². The van der Waals surface area contributed by atoms with Crippen LogP contribution in [0.3, 0.4) is 0 Å². The van der Waals surface area contributed by atoms with Crippen LogP contribution in [0.2, 0.25) is 0 Å². The fraction of sp³-hybridized carbons (Fsp3) is 0.0233. The van der Waals surface area contributed by atoms with E-state index >= 15 is 0 Å². The number of fused-ring (bicyclic) bond motifs is 6. The molecule has 0 amide bonds. The Morgan fingerprint density at radius 2 is 0.955 bits per heavy atom. The molecular formula is C43H31N. The monoisotopic (exact) mass is 561 g/mol. The molecule has 9 rings (SSSR count). The van der Waals surface area contributed by atoms with Crippen molar-refractivity contribution in [3.8, 4) is 50.2 Å². The highest BCUT2D eigenvalue weighted by molar-refractivity contribution is 6.19. The minimum atomic E-state index is 1.18. The van der Waals surface area contributed by atoms with E-state index in [1.165, 1.54) is 82.8 Å². The SMILES string of the molecule is C=CC.c1ccc(-n2c3ccccc3c3c(-c4cccc(-c5ccc6c7c(cccc57)-c5ccccc5-6)c4)cccc32)cc1. The van der Waals surface area contributed by atoms with Gasteiger partial charge >= 0.3 is 0 Å². The van der Waals surface area contributed by atoms with Gasteiger partial charge in [0.1, 0.15) is 0 Å². The molecule has 1 heteroatoms. The first-order valence-corrected chi connectivity index (χ1v) is 15.2. The van der Waals surface area contributed by atoms with Crippen LogP contribution in [-0.2, 0) is 0 Å². The van der Waals surface area contributed by atoms with Gasteiger partial charge in [-0.2, -0.15) is 0 Å². The molecule has 0 aliphatic heterocycles. The predicted octanol–water partition coefficient (Wildman–Crippen LogP) is 12.1. The van der Waals surface area contributed by atoms with E-state index in [1.54, 1.807) is 6.08 Å². The van der Waals surface area contributed by atoms with E-state index < -0.39 is 0 Å². The molecule has 0 bridgehead atoms. The lowest BCUT2D eigenvalue weighted by Crippen LogP contribution is -1.92. The van der Waals surface area contributed by atoms with Crippen LogP contribution in [0.1, 0.15) is 6.92 Å². The molecule has 0 saturated carbocycles. The zero-order valence-corrected chi connectivity index (χ0v) is 24.7. The summed E-state index contributed by atoms with van der Waals surface area (Å²) in [6.45, 7) is 5.25. The standard InChI is InChI=1S/C40H25N.C3H6/c1-2-13-28(14-3-1)41-37-21-7-6-17-36(37)40-30(18-10-22-38(40)41)27-12-8-11-26(25-27)29-23-24-35-32-16-5-4-15-31(32)34-20-9-19-33(29)39(34)35;1-3-2/h1-25H;3H,1H2,2H3. The van der Waals surface area contributed by atoms with Crippen molar-refractivity contribution in [2.45, 2.75) is 6.92 Å². The number of hydrogen-bond acceptors (Lipinski definition) is 0. The molecule has 1 aliphatic rings. The summed E-state index contributed by atoms with van der Waals surface area (Å²) in [6, 6.07) is 55.4. The summed E-state index contributed by atoms with van der Waals surface area (Å²) in [5.74, 6) is 0. The normalized spacial score (nSPS) is 11.4. The van der Waals surface area contributed by atoms with Crippen molar-refractivity contribution < 1.29 is 0 Å². The van der Waals surface area contributed by atoms with E-state index in [4.69, 9.17) is 0 Å². The number of aromatic nitrogens is 1. The minimum absolute atomic E-state index is 1.18. The van der Waals surface area contributed by atoms with Gasteiger partial charge in [0.2, 0.25) is 0 Å². The maximum absolute atomic E-state index is 3.36. The second-order valence-electron chi connectivity index (χ2n) is 11.3. The predicted molar refractivity (Wildman–Crippen MR) is 189 cm³/mol. The van der Waals surface area contributed by atoms with Gasteiger partial charge in [0, 0.05) is 16.5 Å². The summed E-state index contributed by atoms with van der Waals surface area (Å²) < 4.78 is 2.39. The molecular weight excluding hydrogens is 530 g/mol. The van der Waals surface area contributed by atoms with E-state index in [9.17, 15) is 0 Å². The Morgan fingerprint density at radius 1 is 0.432 bits per heavy atom. The number of nitrogens with zero attached hydrogens (tertiary/aromatic N) is 1. The largest absolute Gasteiger partial charge is 0.309 e. The summed E-state index contributed by atoms with van der Waals surface area (Å²) in [5, 5.41) is 5.24. The molecule has 1 heterocycles. The second-order valence-corrected chi connectivity index (χ2v) is 11.3. The van der Waals surface area contributed by atoms with Crippen molar-refractivity contribution in [1.29, 1.82) is 0 Å². The Morgan fingerprint density at radius 3 is 1.75 bits per heavy atom. The van der Waals surface area contributed by atoms with Crippen molar-refractivity contribution in [2.24, 2.45) is 0 Å². The Labute approximate surface area is 258 Å². The average Bonchev–Trinajstić information content (AvgIpc) is 3.60. The molecule has 0 fully saturated rings. The van der Waals surface area contributed by atoms with Gasteiger partial charge in [-0.1, -0.05) is 127 Å². The van der Waals surface area contributed by atoms with E-state index in [1.807, 2.05) is 6.92 Å². The van der Waals surface area contributed by atoms with Gasteiger partial charge in [-0.25, -0.2) is 0 Å². The van der Waals surface area contributed by atoms with Gasteiger partial charge in [-0.3, -0.25) is 0 Å². The van der Waals surface area contributed by atoms with Crippen molar-refractivity contribution in [2.75, 3.05) is 0 Å². The lowest BCUT2D eigenvalue weighted by molar-refractivity contribution is 1.18. The van der Waals surface area contributed by atoms with Crippen molar-refractivity contribution >= 4 is 32.6 Å². The molecule has 8 aromatic rings. The quantitative estimate of drug-likeness (QED) is 0.189. The van der Waals surface area contributed by atoms with E-state index in [0.717, 1.165) is 0 Å². The fourth-order valence-electron chi connectivity index (χ4n) is 7.03. The van der Waals surface area contributed by atoms with Crippen LogP contribution in [0, 0.1) is 0 Å². The highest BCUT2D eigenvalue weighted by Gasteiger charge is 2.22. The van der Waals surface area contributed by atoms with Crippen LogP contribution in [0.15, 0.2) is 164 Å². The number of allylic oxidation sites excluding steroid dienone is 1. The summed E-state index contributed by atoms with van der Waals surface area (Å²) >= 11 is 0. The zero-order valence-electron chi connectivity index (χ0n) is 24.7. The summed E-state index contributed by atoms with van der Waals surface area (Å²) in [6.07, 6.45) is 1.75. The number of hydrogen-bond donors (Lipinski definition) is 0. The molecule has 1 nitrogen and oxygen atoms in total. The average molecular weight is 562 g/mol. The first-order chi connectivity index (χ1) is 21.8. The number of benzene rings is 7. The Balaban J connectivity index is 0.000000928. The van der Waals surface area contributed by atoms with Crippen LogP contribution >= 0.6 is 0 Å². The molecule has 0 N–H and O–H groups in total. The highest BCUT2D eigenvalue weighted by atomic mass is 15.0. The van der Waals surface area contributed by atoms with Crippen LogP contribution in [0.25, 0.3) is 82.8 Å². The van der Waals surface area contributed by atoms with Crippen LogP contribution in [-0.4, -0.2) is 4.57 Å². The number of para-hydroxylation sites is 2. The smallest absolute Gasteiger partial charge is 0.0547 e. The molecule has 7 aromatic carbocycles. The van der Waals surface area contributed by atoms with E-state index in [-0.39, 0.29) is 0 Å². The van der Waals surface area contributed by atoms with Gasteiger partial charge in [0.15, 0.2) is 0 Å². The molecule has 1 aromatic heterocycles. The molecule has 1 aliphatic carbocycles. The Kier molecular flexibility index (Phi) is 6.24. The van der Waals surface area contributed by atoms with E-state index in [2.05, 4.69) is 163 Å². The second kappa shape index (κ2) is 10.6. The van der Waals surface area contributed by atoms with Gasteiger partial charge in [-0.15, -0.1) is 6.58 Å². The Hall–Kier alpha value is -5.66. The summed E-state index contributed by atoms with van der Waals surface area (Å²) in [7, 11) is 0. The lowest BCUT2D eigenvalue weighted by atomic mass is 9.92. The van der Waals surface area contributed by atoms with Gasteiger partial charge < -0.3 is 4.57 Å². The maximum atomic E-state index is 3.36. The molecule has 0 spiro atoms. The molecule has 0 atom stereocenters. The Bertz CT molecular complexity index is 2320. The minimum Gasteiger partial charge on any atom is -0.309 e. The third kappa shape index (κ3) is 3.94. The molecule has 44 heavy (non-hydrogen) atoms. The van der Waals surface area contributed by atoms with Crippen molar-refractivity contribution in [3.05, 3.63) is 164 Å². The maximum Gasteiger partial charge on any atom is 0.0547 e. The first kappa shape index (κ1) is 26.0. The fourth-order valence-corrected chi connectivity index (χ4v) is 7.03. The van der Waals surface area contributed by atoms with Gasteiger partial charge in [-0.05, 0) is 92.5 Å². The summed E-state index contributed by atoms with van der Waals surface area (Å²) in [5.41, 5.74) is 14.0. The molecule has 0 radical (unpaired) electrons. The third-order valence-electron chi connectivity index (χ3n) is 8.74. The first-order valence-electron chi connectivity index (χ1n) is 15.2. The lowest BCUT2D eigenvalue weighted by Gasteiger charge is -2.12. The highest BCUT2D eigenvalue weighted by Crippen LogP contribution is 2.49. The van der Waals surface area contributed by atoms with Crippen LogP contribution in [0.4, 0.5) is 0 Å². The van der Waals surface area contributed by atoms with Crippen molar-refractivity contribution in [3.63, 3.8) is 0 Å². The van der Waals surface area contributed by atoms with Gasteiger partial charge in [0.05, 0.1) is 11.0 Å². The van der Waals surface area contributed by atoms with E-state index in [0.29, 0.717) is 0 Å². The van der Waals surface area contributed by atoms with Crippen LogP contribution in [0.5, 0.6) is 0 Å². The third-order valence-corrected chi connectivity index (χ3v) is 8.74. The number of rotatable bonds is 3. The van der Waals surface area contributed by atoms with Gasteiger partial charge in [0.25, 0.3) is 0 Å². The topological polar surface area (TPSA) is 4.93 Å². The van der Waals surface area contributed by atoms with Crippen LogP contribution < -0.4 is 0 Å². The molecule has 0 saturated heterocycles.